The van der Waals surface area contributed by atoms with Crippen LogP contribution in [0.25, 0.3) is 0 Å². The number of ether oxygens (including phenoxy) is 1. The van der Waals surface area contributed by atoms with Crippen LogP contribution in [-0.4, -0.2) is 32.9 Å². The van der Waals surface area contributed by atoms with E-state index >= 15 is 0 Å². The fourth-order valence-corrected chi connectivity index (χ4v) is 4.34. The minimum atomic E-state index is -3.73. The summed E-state index contributed by atoms with van der Waals surface area (Å²) in [7, 11) is -2.28. The second-order valence-corrected chi connectivity index (χ2v) is 7.73. The molecule has 124 valence electrons. The average Bonchev–Trinajstić information content (AvgIpc) is 2.55. The highest BCUT2D eigenvalue weighted by atomic mass is 79.9. The quantitative estimate of drug-likeness (QED) is 0.777. The van der Waals surface area contributed by atoms with E-state index in [-0.39, 0.29) is 24.5 Å². The van der Waals surface area contributed by atoms with Crippen LogP contribution in [0.5, 0.6) is 5.75 Å². The highest BCUT2D eigenvalue weighted by Gasteiger charge is 2.27. The maximum atomic E-state index is 13.0. The molecule has 0 aliphatic carbocycles. The van der Waals surface area contributed by atoms with Gasteiger partial charge < -0.3 is 10.5 Å². The van der Waals surface area contributed by atoms with Gasteiger partial charge in [-0.1, -0.05) is 46.3 Å². The van der Waals surface area contributed by atoms with Gasteiger partial charge in [0.2, 0.25) is 10.0 Å². The molecule has 0 saturated heterocycles. The van der Waals surface area contributed by atoms with Gasteiger partial charge in [0.1, 0.15) is 10.6 Å². The first kappa shape index (κ1) is 17.9. The summed E-state index contributed by atoms with van der Waals surface area (Å²) in [6.45, 7) is 0.727. The summed E-state index contributed by atoms with van der Waals surface area (Å²) in [6, 6.07) is 14.3. The Hall–Kier alpha value is -1.41. The standard InChI is InChI=1S/C16H19BrN2O3S/c1-22-15-8-7-14(17)11-16(15)23(20,21)19(10-9-18)12-13-5-3-2-4-6-13/h2-8,11H,9-10,12,18H2,1H3. The topological polar surface area (TPSA) is 72.6 Å². The molecule has 0 aromatic heterocycles. The van der Waals surface area contributed by atoms with Crippen molar-refractivity contribution >= 4 is 26.0 Å². The van der Waals surface area contributed by atoms with Crippen LogP contribution in [0.3, 0.4) is 0 Å². The van der Waals surface area contributed by atoms with Gasteiger partial charge in [-0.15, -0.1) is 0 Å². The molecule has 0 atom stereocenters. The summed E-state index contributed by atoms with van der Waals surface area (Å²) in [5.41, 5.74) is 6.51. The first-order chi connectivity index (χ1) is 11.0. The van der Waals surface area contributed by atoms with Crippen molar-refractivity contribution in [3.05, 3.63) is 58.6 Å². The van der Waals surface area contributed by atoms with Gasteiger partial charge in [0, 0.05) is 24.1 Å². The lowest BCUT2D eigenvalue weighted by Crippen LogP contribution is -2.35. The zero-order valence-electron chi connectivity index (χ0n) is 12.8. The Labute approximate surface area is 145 Å². The fourth-order valence-electron chi connectivity index (χ4n) is 2.21. The second kappa shape index (κ2) is 7.92. The van der Waals surface area contributed by atoms with E-state index in [1.807, 2.05) is 30.3 Å². The largest absolute Gasteiger partial charge is 0.495 e. The molecule has 0 aliphatic rings. The first-order valence-corrected chi connectivity index (χ1v) is 9.30. The number of nitrogens with zero attached hydrogens (tertiary/aromatic N) is 1. The average molecular weight is 399 g/mol. The van der Waals surface area contributed by atoms with Crippen molar-refractivity contribution in [2.75, 3.05) is 20.2 Å². The Balaban J connectivity index is 2.43. The second-order valence-electron chi connectivity index (χ2n) is 4.91. The smallest absolute Gasteiger partial charge is 0.247 e. The number of benzene rings is 2. The normalized spacial score (nSPS) is 11.7. The molecule has 0 fully saturated rings. The molecule has 7 heteroatoms. The molecular weight excluding hydrogens is 380 g/mol. The molecule has 0 bridgehead atoms. The van der Waals surface area contributed by atoms with Gasteiger partial charge in [-0.25, -0.2) is 8.42 Å². The zero-order valence-corrected chi connectivity index (χ0v) is 15.2. The number of hydrogen-bond acceptors (Lipinski definition) is 4. The lowest BCUT2D eigenvalue weighted by atomic mass is 10.2. The predicted molar refractivity (Wildman–Crippen MR) is 93.8 cm³/mol. The number of rotatable bonds is 7. The molecule has 0 amide bonds. The maximum absolute atomic E-state index is 13.0. The van der Waals surface area contributed by atoms with Crippen molar-refractivity contribution in [1.29, 1.82) is 0 Å². The third-order valence-corrected chi connectivity index (χ3v) is 5.68. The number of sulfonamides is 1. The van der Waals surface area contributed by atoms with Gasteiger partial charge in [-0.05, 0) is 23.8 Å². The van der Waals surface area contributed by atoms with E-state index in [1.165, 1.54) is 11.4 Å². The monoisotopic (exact) mass is 398 g/mol. The number of halogens is 1. The molecule has 2 rings (SSSR count). The molecule has 0 spiro atoms. The van der Waals surface area contributed by atoms with Crippen LogP contribution < -0.4 is 10.5 Å². The van der Waals surface area contributed by atoms with Gasteiger partial charge in [0.15, 0.2) is 0 Å². The Bertz CT molecular complexity index is 751. The maximum Gasteiger partial charge on any atom is 0.247 e. The van der Waals surface area contributed by atoms with Crippen LogP contribution in [0.15, 0.2) is 57.9 Å². The summed E-state index contributed by atoms with van der Waals surface area (Å²) in [6.07, 6.45) is 0. The molecule has 23 heavy (non-hydrogen) atoms. The minimum Gasteiger partial charge on any atom is -0.495 e. The van der Waals surface area contributed by atoms with Crippen molar-refractivity contribution in [2.24, 2.45) is 5.73 Å². The summed E-state index contributed by atoms with van der Waals surface area (Å²) in [4.78, 5) is 0.124. The Morgan fingerprint density at radius 3 is 2.48 bits per heavy atom. The van der Waals surface area contributed by atoms with Crippen molar-refractivity contribution in [1.82, 2.24) is 4.31 Å². The lowest BCUT2D eigenvalue weighted by molar-refractivity contribution is 0.388. The lowest BCUT2D eigenvalue weighted by Gasteiger charge is -2.23. The van der Waals surface area contributed by atoms with E-state index in [0.29, 0.717) is 10.2 Å². The first-order valence-electron chi connectivity index (χ1n) is 7.06. The van der Waals surface area contributed by atoms with Crippen molar-refractivity contribution in [3.8, 4) is 5.75 Å². The molecule has 0 aliphatic heterocycles. The zero-order chi connectivity index (χ0) is 16.9. The Morgan fingerprint density at radius 1 is 1.17 bits per heavy atom. The molecule has 5 nitrogen and oxygen atoms in total. The molecule has 2 aromatic rings. The van der Waals surface area contributed by atoms with E-state index in [0.717, 1.165) is 5.56 Å². The van der Waals surface area contributed by atoms with E-state index in [1.54, 1.807) is 18.2 Å². The predicted octanol–water partition coefficient (Wildman–Crippen LogP) is 2.61. The molecule has 2 N–H and O–H groups in total. The van der Waals surface area contributed by atoms with Gasteiger partial charge in [-0.3, -0.25) is 0 Å². The SMILES string of the molecule is COc1ccc(Br)cc1S(=O)(=O)N(CCN)Cc1ccccc1. The Kier molecular flexibility index (Phi) is 6.17. The van der Waals surface area contributed by atoms with Crippen LogP contribution in [-0.2, 0) is 16.6 Å². The van der Waals surface area contributed by atoms with Crippen molar-refractivity contribution in [3.63, 3.8) is 0 Å². The third kappa shape index (κ3) is 4.32. The number of nitrogens with two attached hydrogens (primary N) is 1. The molecule has 0 unspecified atom stereocenters. The highest BCUT2D eigenvalue weighted by Crippen LogP contribution is 2.30. The van der Waals surface area contributed by atoms with Crippen LogP contribution in [0.2, 0.25) is 0 Å². The summed E-state index contributed by atoms with van der Waals surface area (Å²) in [5.74, 6) is 0.309. The van der Waals surface area contributed by atoms with Crippen LogP contribution >= 0.6 is 15.9 Å². The van der Waals surface area contributed by atoms with Gasteiger partial charge in [-0.2, -0.15) is 4.31 Å². The highest BCUT2D eigenvalue weighted by molar-refractivity contribution is 9.10. The van der Waals surface area contributed by atoms with Crippen molar-refractivity contribution < 1.29 is 13.2 Å². The van der Waals surface area contributed by atoms with E-state index < -0.39 is 10.0 Å². The molecule has 2 aromatic carbocycles. The fraction of sp³-hybridized carbons (Fsp3) is 0.250. The summed E-state index contributed by atoms with van der Waals surface area (Å²) in [5, 5.41) is 0. The van der Waals surface area contributed by atoms with E-state index in [2.05, 4.69) is 15.9 Å². The van der Waals surface area contributed by atoms with Gasteiger partial charge in [0.05, 0.1) is 7.11 Å². The van der Waals surface area contributed by atoms with E-state index in [4.69, 9.17) is 10.5 Å². The molecule has 0 saturated carbocycles. The van der Waals surface area contributed by atoms with Gasteiger partial charge in [0.25, 0.3) is 0 Å². The Morgan fingerprint density at radius 2 is 1.87 bits per heavy atom. The van der Waals surface area contributed by atoms with E-state index in [9.17, 15) is 8.42 Å². The summed E-state index contributed by atoms with van der Waals surface area (Å²) < 4.78 is 33.3. The van der Waals surface area contributed by atoms with Crippen molar-refractivity contribution in [2.45, 2.75) is 11.4 Å². The molecular formula is C16H19BrN2O3S. The third-order valence-electron chi connectivity index (χ3n) is 3.32. The van der Waals surface area contributed by atoms with Gasteiger partial charge >= 0.3 is 0 Å². The van der Waals surface area contributed by atoms with Crippen LogP contribution in [0.1, 0.15) is 5.56 Å². The van der Waals surface area contributed by atoms with Crippen LogP contribution in [0, 0.1) is 0 Å². The number of methoxy groups -OCH3 is 1. The van der Waals surface area contributed by atoms with Crippen LogP contribution in [0.4, 0.5) is 0 Å². The number of hydrogen-bond donors (Lipinski definition) is 1. The molecule has 0 heterocycles. The molecule has 0 radical (unpaired) electrons. The minimum absolute atomic E-state index is 0.124. The summed E-state index contributed by atoms with van der Waals surface area (Å²) >= 11 is 3.31.